The number of hydrogen-bond acceptors (Lipinski definition) is 8. The normalized spacial score (nSPS) is 13.3. The fourth-order valence-electron chi connectivity index (χ4n) is 5.00. The number of anilines is 2. The lowest BCUT2D eigenvalue weighted by molar-refractivity contribution is -0.140. The molecule has 0 radical (unpaired) electrons. The molecular formula is C31H29N7O2S. The molecule has 1 N–H and O–H groups in total. The number of benzene rings is 1. The summed E-state index contributed by atoms with van der Waals surface area (Å²) in [7, 11) is 1.96. The molecule has 0 unspecified atom stereocenters. The number of nitrogens with zero attached hydrogens (tertiary/aromatic N) is 7. The number of β-amino-alcohol motifs (C(OH)–C–C–N with tert-alkyl or cyclic N) is 1. The molecule has 206 valence electrons. The fourth-order valence-corrected chi connectivity index (χ4v) is 5.84. The van der Waals surface area contributed by atoms with Crippen LogP contribution in [0.4, 0.5) is 10.9 Å². The second-order valence-corrected chi connectivity index (χ2v) is 11.2. The number of rotatable bonds is 7. The molecule has 4 aromatic heterocycles. The third-order valence-electron chi connectivity index (χ3n) is 7.35. The average molecular weight is 564 g/mol. The minimum atomic E-state index is -0.413. The first-order valence-corrected chi connectivity index (χ1v) is 14.3. The molecule has 1 saturated heterocycles. The predicted molar refractivity (Wildman–Crippen MR) is 159 cm³/mol. The van der Waals surface area contributed by atoms with Gasteiger partial charge in [0.2, 0.25) is 5.91 Å². The second-order valence-electron chi connectivity index (χ2n) is 10.3. The Labute approximate surface area is 242 Å². The zero-order valence-corrected chi connectivity index (χ0v) is 23.9. The molecule has 1 aliphatic rings. The van der Waals surface area contributed by atoms with Crippen LogP contribution in [0, 0.1) is 18.3 Å². The van der Waals surface area contributed by atoms with Crippen molar-refractivity contribution < 1.29 is 9.90 Å². The van der Waals surface area contributed by atoms with Gasteiger partial charge in [-0.1, -0.05) is 54.2 Å². The van der Waals surface area contributed by atoms with Crippen molar-refractivity contribution in [1.82, 2.24) is 24.3 Å². The van der Waals surface area contributed by atoms with Gasteiger partial charge in [0.05, 0.1) is 18.2 Å². The number of likely N-dealkylation sites (tertiary alicyclic amines) is 1. The first kappa shape index (κ1) is 26.6. The molecule has 0 saturated carbocycles. The van der Waals surface area contributed by atoms with Crippen LogP contribution in [0.1, 0.15) is 28.8 Å². The summed E-state index contributed by atoms with van der Waals surface area (Å²) in [5.74, 6) is 0.868. The summed E-state index contributed by atoms with van der Waals surface area (Å²) in [6, 6.07) is 18.2. The van der Waals surface area contributed by atoms with Crippen molar-refractivity contribution in [2.75, 3.05) is 25.0 Å². The van der Waals surface area contributed by atoms with Crippen LogP contribution in [0.2, 0.25) is 0 Å². The number of aromatic nitrogens is 4. The quantitative estimate of drug-likeness (QED) is 0.304. The Morgan fingerprint density at radius 3 is 2.49 bits per heavy atom. The van der Waals surface area contributed by atoms with Gasteiger partial charge in [-0.15, -0.1) is 0 Å². The Morgan fingerprint density at radius 1 is 1.10 bits per heavy atom. The van der Waals surface area contributed by atoms with Crippen molar-refractivity contribution in [2.24, 2.45) is 0 Å². The SMILES string of the molecule is CCc1nc2ccc(-c3ccc(CC(=O)N4CC(O)C4)nc3)cn2c1N(C)c1nc(-c2ccc(C)cc2)c(C#N)s1. The fraction of sp³-hybridized carbons (Fsp3) is 0.258. The average Bonchev–Trinajstić information content (AvgIpc) is 3.57. The molecule has 0 bridgehead atoms. The highest BCUT2D eigenvalue weighted by Crippen LogP contribution is 2.37. The monoisotopic (exact) mass is 563 g/mol. The molecule has 0 aliphatic carbocycles. The maximum absolute atomic E-state index is 12.4. The number of aliphatic hydroxyl groups excluding tert-OH is 1. The standard InChI is InChI=1S/C31H29N7O2S/c1-4-25-30(36(3)31-35-29(26(14-32)41-31)20-7-5-19(2)6-8-20)38-16-22(10-12-27(38)34-25)21-9-11-23(33-15-21)13-28(40)37-17-24(39)18-37/h5-12,15-16,24,39H,4,13,17-18H2,1-3H3. The molecule has 5 heterocycles. The first-order valence-electron chi connectivity index (χ1n) is 13.5. The van der Waals surface area contributed by atoms with E-state index in [1.807, 2.05) is 73.6 Å². The van der Waals surface area contributed by atoms with E-state index in [1.165, 1.54) is 11.3 Å². The van der Waals surface area contributed by atoms with Crippen molar-refractivity contribution in [3.8, 4) is 28.5 Å². The Hall–Kier alpha value is -4.59. The van der Waals surface area contributed by atoms with Gasteiger partial charge in [0.1, 0.15) is 28.1 Å². The number of amides is 1. The number of hydrogen-bond donors (Lipinski definition) is 1. The van der Waals surface area contributed by atoms with Crippen molar-refractivity contribution in [3.05, 3.63) is 82.8 Å². The van der Waals surface area contributed by atoms with E-state index in [0.29, 0.717) is 34.5 Å². The molecule has 1 amide bonds. The lowest BCUT2D eigenvalue weighted by atomic mass is 10.1. The highest BCUT2D eigenvalue weighted by atomic mass is 32.1. The second kappa shape index (κ2) is 10.8. The Morgan fingerprint density at radius 2 is 1.83 bits per heavy atom. The van der Waals surface area contributed by atoms with E-state index in [4.69, 9.17) is 9.97 Å². The zero-order chi connectivity index (χ0) is 28.7. The van der Waals surface area contributed by atoms with E-state index in [1.54, 1.807) is 11.1 Å². The van der Waals surface area contributed by atoms with Gasteiger partial charge < -0.3 is 14.9 Å². The summed E-state index contributed by atoms with van der Waals surface area (Å²) in [6.07, 6.45) is 4.35. The van der Waals surface area contributed by atoms with Crippen molar-refractivity contribution >= 4 is 33.8 Å². The van der Waals surface area contributed by atoms with E-state index in [2.05, 4.69) is 22.4 Å². The highest BCUT2D eigenvalue weighted by Gasteiger charge is 2.28. The van der Waals surface area contributed by atoms with E-state index >= 15 is 0 Å². The Kier molecular flexibility index (Phi) is 6.99. The van der Waals surface area contributed by atoms with Gasteiger partial charge in [0, 0.05) is 54.9 Å². The first-order chi connectivity index (χ1) is 19.8. The Bertz CT molecular complexity index is 1780. The number of nitriles is 1. The van der Waals surface area contributed by atoms with Crippen LogP contribution in [0.15, 0.2) is 60.9 Å². The van der Waals surface area contributed by atoms with Crippen LogP contribution in [0.5, 0.6) is 0 Å². The van der Waals surface area contributed by atoms with Crippen LogP contribution in [-0.4, -0.2) is 61.5 Å². The molecule has 10 heteroatoms. The van der Waals surface area contributed by atoms with Gasteiger partial charge in [-0.3, -0.25) is 14.2 Å². The van der Waals surface area contributed by atoms with Gasteiger partial charge >= 0.3 is 0 Å². The van der Waals surface area contributed by atoms with Crippen LogP contribution in [-0.2, 0) is 17.6 Å². The summed E-state index contributed by atoms with van der Waals surface area (Å²) < 4.78 is 2.06. The van der Waals surface area contributed by atoms with Crippen molar-refractivity contribution in [2.45, 2.75) is 32.8 Å². The van der Waals surface area contributed by atoms with Crippen LogP contribution < -0.4 is 4.90 Å². The third-order valence-corrected chi connectivity index (χ3v) is 8.39. The van der Waals surface area contributed by atoms with E-state index in [9.17, 15) is 15.2 Å². The molecular weight excluding hydrogens is 534 g/mol. The number of fused-ring (bicyclic) bond motifs is 1. The predicted octanol–water partition coefficient (Wildman–Crippen LogP) is 4.78. The Balaban J connectivity index is 1.31. The van der Waals surface area contributed by atoms with Crippen LogP contribution in [0.3, 0.4) is 0 Å². The third kappa shape index (κ3) is 5.06. The summed E-state index contributed by atoms with van der Waals surface area (Å²) >= 11 is 1.37. The topological polar surface area (TPSA) is 111 Å². The van der Waals surface area contributed by atoms with Crippen LogP contribution in [0.25, 0.3) is 28.0 Å². The molecule has 6 rings (SSSR count). The van der Waals surface area contributed by atoms with E-state index < -0.39 is 6.10 Å². The number of carbonyl (C=O) groups excluding carboxylic acids is 1. The molecule has 0 atom stereocenters. The number of aliphatic hydroxyl groups is 1. The number of carbonyl (C=O) groups is 1. The lowest BCUT2D eigenvalue weighted by Crippen LogP contribution is -2.54. The molecule has 1 fully saturated rings. The largest absolute Gasteiger partial charge is 0.389 e. The summed E-state index contributed by atoms with van der Waals surface area (Å²) in [5, 5.41) is 20.0. The molecule has 41 heavy (non-hydrogen) atoms. The molecule has 9 nitrogen and oxygen atoms in total. The van der Waals surface area contributed by atoms with Gasteiger partial charge in [-0.25, -0.2) is 9.97 Å². The molecule has 1 aliphatic heterocycles. The number of thiazole rings is 1. The van der Waals surface area contributed by atoms with Gasteiger partial charge in [0.25, 0.3) is 0 Å². The van der Waals surface area contributed by atoms with Crippen LogP contribution >= 0.6 is 11.3 Å². The van der Waals surface area contributed by atoms with Crippen molar-refractivity contribution in [1.29, 1.82) is 5.26 Å². The number of pyridine rings is 2. The molecule has 5 aromatic rings. The van der Waals surface area contributed by atoms with Crippen molar-refractivity contribution in [3.63, 3.8) is 0 Å². The molecule has 1 aromatic carbocycles. The lowest BCUT2D eigenvalue weighted by Gasteiger charge is -2.35. The molecule has 0 spiro atoms. The zero-order valence-electron chi connectivity index (χ0n) is 23.1. The van der Waals surface area contributed by atoms with Gasteiger partial charge in [0.15, 0.2) is 5.13 Å². The summed E-state index contributed by atoms with van der Waals surface area (Å²) in [6.45, 7) is 4.90. The number of imidazole rings is 1. The van der Waals surface area contributed by atoms with E-state index in [0.717, 1.165) is 45.8 Å². The number of aryl methyl sites for hydroxylation is 2. The summed E-state index contributed by atoms with van der Waals surface area (Å²) in [5.41, 5.74) is 7.07. The highest BCUT2D eigenvalue weighted by molar-refractivity contribution is 7.16. The maximum atomic E-state index is 12.4. The van der Waals surface area contributed by atoms with E-state index in [-0.39, 0.29) is 12.3 Å². The van der Waals surface area contributed by atoms with Gasteiger partial charge in [-0.05, 0) is 31.5 Å². The maximum Gasteiger partial charge on any atom is 0.228 e. The van der Waals surface area contributed by atoms with Gasteiger partial charge in [-0.2, -0.15) is 5.26 Å². The smallest absolute Gasteiger partial charge is 0.228 e. The summed E-state index contributed by atoms with van der Waals surface area (Å²) in [4.78, 5) is 30.9. The minimum Gasteiger partial charge on any atom is -0.389 e. The minimum absolute atomic E-state index is 0.0255.